The first kappa shape index (κ1) is 8.12. The zero-order valence-corrected chi connectivity index (χ0v) is 7.85. The summed E-state index contributed by atoms with van der Waals surface area (Å²) < 4.78 is 0. The van der Waals surface area contributed by atoms with E-state index in [0.29, 0.717) is 0 Å². The van der Waals surface area contributed by atoms with Gasteiger partial charge < -0.3 is 0 Å². The lowest BCUT2D eigenvalue weighted by molar-refractivity contribution is 0.723. The highest BCUT2D eigenvalue weighted by Crippen LogP contribution is 2.37. The lowest BCUT2D eigenvalue weighted by Gasteiger charge is -2.10. The standard InChI is InChI=1S/C11H13Cl/c12-11-8-4-3-7-10(11)9-5-1-2-6-9/h3-4,7-9H,1-2,5-6H2. The van der Waals surface area contributed by atoms with Crippen LogP contribution in [0.15, 0.2) is 24.3 Å². The van der Waals surface area contributed by atoms with Crippen LogP contribution >= 0.6 is 11.6 Å². The van der Waals surface area contributed by atoms with Crippen molar-refractivity contribution in [1.82, 2.24) is 0 Å². The van der Waals surface area contributed by atoms with Gasteiger partial charge in [-0.25, -0.2) is 0 Å². The minimum atomic E-state index is 0.735. The highest BCUT2D eigenvalue weighted by Gasteiger charge is 2.18. The van der Waals surface area contributed by atoms with Crippen LogP contribution in [-0.4, -0.2) is 0 Å². The Morgan fingerprint density at radius 1 is 1.08 bits per heavy atom. The van der Waals surface area contributed by atoms with Crippen molar-refractivity contribution in [3.8, 4) is 0 Å². The zero-order chi connectivity index (χ0) is 8.39. The van der Waals surface area contributed by atoms with E-state index >= 15 is 0 Å². The van der Waals surface area contributed by atoms with E-state index in [2.05, 4.69) is 12.1 Å². The Morgan fingerprint density at radius 3 is 2.42 bits per heavy atom. The fourth-order valence-electron chi connectivity index (χ4n) is 2.04. The molecule has 1 saturated carbocycles. The van der Waals surface area contributed by atoms with E-state index in [1.54, 1.807) is 0 Å². The first-order valence-corrected chi connectivity index (χ1v) is 5.00. The molecule has 1 aromatic rings. The number of hydrogen-bond acceptors (Lipinski definition) is 0. The molecule has 0 atom stereocenters. The zero-order valence-electron chi connectivity index (χ0n) is 7.09. The molecule has 0 aromatic heterocycles. The van der Waals surface area contributed by atoms with Crippen LogP contribution in [0.25, 0.3) is 0 Å². The molecule has 0 unspecified atom stereocenters. The number of halogens is 1. The van der Waals surface area contributed by atoms with Gasteiger partial charge in [0.05, 0.1) is 0 Å². The van der Waals surface area contributed by atoms with Crippen LogP contribution in [0, 0.1) is 0 Å². The summed E-state index contributed by atoms with van der Waals surface area (Å²) in [7, 11) is 0. The van der Waals surface area contributed by atoms with Crippen LogP contribution in [0.3, 0.4) is 0 Å². The van der Waals surface area contributed by atoms with Crippen molar-refractivity contribution < 1.29 is 0 Å². The Balaban J connectivity index is 2.26. The molecule has 0 bridgehead atoms. The summed E-state index contributed by atoms with van der Waals surface area (Å²) in [5.74, 6) is 0.735. The Kier molecular flexibility index (Phi) is 2.36. The third-order valence-electron chi connectivity index (χ3n) is 2.70. The van der Waals surface area contributed by atoms with Gasteiger partial charge in [-0.05, 0) is 30.4 Å². The Hall–Kier alpha value is -0.490. The van der Waals surface area contributed by atoms with E-state index in [4.69, 9.17) is 11.6 Å². The fraction of sp³-hybridized carbons (Fsp3) is 0.455. The molecule has 1 aliphatic rings. The summed E-state index contributed by atoms with van der Waals surface area (Å²) in [4.78, 5) is 0. The molecule has 0 amide bonds. The molecule has 0 N–H and O–H groups in total. The second-order valence-electron chi connectivity index (χ2n) is 3.50. The smallest absolute Gasteiger partial charge is 0.0440 e. The quantitative estimate of drug-likeness (QED) is 0.613. The average molecular weight is 181 g/mol. The van der Waals surface area contributed by atoms with Crippen LogP contribution in [0.1, 0.15) is 37.2 Å². The summed E-state index contributed by atoms with van der Waals surface area (Å²) >= 11 is 6.10. The summed E-state index contributed by atoms with van der Waals surface area (Å²) in [5.41, 5.74) is 1.36. The van der Waals surface area contributed by atoms with Crippen molar-refractivity contribution in [3.05, 3.63) is 34.9 Å². The van der Waals surface area contributed by atoms with Gasteiger partial charge in [-0.2, -0.15) is 0 Å². The van der Waals surface area contributed by atoms with E-state index < -0.39 is 0 Å². The maximum absolute atomic E-state index is 6.10. The summed E-state index contributed by atoms with van der Waals surface area (Å²) in [6.45, 7) is 0. The van der Waals surface area contributed by atoms with Gasteiger partial charge >= 0.3 is 0 Å². The normalized spacial score (nSPS) is 18.4. The Labute approximate surface area is 78.6 Å². The minimum absolute atomic E-state index is 0.735. The molecular formula is C11H13Cl. The molecule has 0 aliphatic heterocycles. The number of hydrogen-bond donors (Lipinski definition) is 0. The Morgan fingerprint density at radius 2 is 1.75 bits per heavy atom. The molecule has 0 nitrogen and oxygen atoms in total. The Bertz CT molecular complexity index is 261. The predicted molar refractivity (Wildman–Crippen MR) is 52.7 cm³/mol. The fourth-order valence-corrected chi connectivity index (χ4v) is 2.33. The molecule has 12 heavy (non-hydrogen) atoms. The topological polar surface area (TPSA) is 0 Å². The predicted octanol–water partition coefficient (Wildman–Crippen LogP) is 4.00. The van der Waals surface area contributed by atoms with Gasteiger partial charge in [-0.1, -0.05) is 42.6 Å². The molecule has 0 saturated heterocycles. The van der Waals surface area contributed by atoms with Gasteiger partial charge in [-0.3, -0.25) is 0 Å². The van der Waals surface area contributed by atoms with Crippen molar-refractivity contribution in [2.24, 2.45) is 0 Å². The van der Waals surface area contributed by atoms with Crippen LogP contribution < -0.4 is 0 Å². The maximum atomic E-state index is 6.10. The molecule has 1 heteroatoms. The molecule has 1 aliphatic carbocycles. The monoisotopic (exact) mass is 180 g/mol. The highest BCUT2D eigenvalue weighted by atomic mass is 35.5. The van der Waals surface area contributed by atoms with E-state index in [0.717, 1.165) is 10.9 Å². The lowest BCUT2D eigenvalue weighted by atomic mass is 9.98. The van der Waals surface area contributed by atoms with E-state index in [9.17, 15) is 0 Å². The SMILES string of the molecule is Clc1ccccc1C1CCCC1. The minimum Gasteiger partial charge on any atom is -0.0840 e. The average Bonchev–Trinajstić information content (AvgIpc) is 2.57. The molecular weight excluding hydrogens is 168 g/mol. The van der Waals surface area contributed by atoms with Crippen molar-refractivity contribution >= 4 is 11.6 Å². The summed E-state index contributed by atoms with van der Waals surface area (Å²) in [6.07, 6.45) is 5.39. The van der Waals surface area contributed by atoms with Gasteiger partial charge in [0.1, 0.15) is 0 Å². The van der Waals surface area contributed by atoms with Crippen LogP contribution in [0.5, 0.6) is 0 Å². The molecule has 1 fully saturated rings. The lowest BCUT2D eigenvalue weighted by Crippen LogP contribution is -1.92. The third-order valence-corrected chi connectivity index (χ3v) is 3.04. The molecule has 2 rings (SSSR count). The van der Waals surface area contributed by atoms with Gasteiger partial charge in [0.2, 0.25) is 0 Å². The van der Waals surface area contributed by atoms with Crippen molar-refractivity contribution in [2.75, 3.05) is 0 Å². The van der Waals surface area contributed by atoms with E-state index in [1.807, 2.05) is 12.1 Å². The van der Waals surface area contributed by atoms with Crippen molar-refractivity contribution in [1.29, 1.82) is 0 Å². The van der Waals surface area contributed by atoms with Gasteiger partial charge in [0.25, 0.3) is 0 Å². The number of benzene rings is 1. The van der Waals surface area contributed by atoms with E-state index in [-0.39, 0.29) is 0 Å². The number of rotatable bonds is 1. The van der Waals surface area contributed by atoms with Gasteiger partial charge in [0, 0.05) is 5.02 Å². The van der Waals surface area contributed by atoms with Crippen LogP contribution in [-0.2, 0) is 0 Å². The molecule has 0 spiro atoms. The second kappa shape index (κ2) is 3.49. The summed E-state index contributed by atoms with van der Waals surface area (Å²) in [6, 6.07) is 8.24. The molecule has 0 radical (unpaired) electrons. The van der Waals surface area contributed by atoms with Crippen LogP contribution in [0.4, 0.5) is 0 Å². The maximum Gasteiger partial charge on any atom is 0.0440 e. The van der Waals surface area contributed by atoms with Crippen molar-refractivity contribution in [3.63, 3.8) is 0 Å². The molecule has 1 aromatic carbocycles. The van der Waals surface area contributed by atoms with Crippen molar-refractivity contribution in [2.45, 2.75) is 31.6 Å². The first-order chi connectivity index (χ1) is 5.88. The first-order valence-electron chi connectivity index (χ1n) is 4.62. The van der Waals surface area contributed by atoms with Crippen LogP contribution in [0.2, 0.25) is 5.02 Å². The third kappa shape index (κ3) is 1.49. The van der Waals surface area contributed by atoms with Gasteiger partial charge in [-0.15, -0.1) is 0 Å². The largest absolute Gasteiger partial charge is 0.0840 e. The van der Waals surface area contributed by atoms with Gasteiger partial charge in [0.15, 0.2) is 0 Å². The van der Waals surface area contributed by atoms with E-state index in [1.165, 1.54) is 31.2 Å². The highest BCUT2D eigenvalue weighted by molar-refractivity contribution is 6.31. The second-order valence-corrected chi connectivity index (χ2v) is 3.91. The molecule has 64 valence electrons. The summed E-state index contributed by atoms with van der Waals surface area (Å²) in [5, 5.41) is 0.949. The molecule has 0 heterocycles.